The van der Waals surface area contributed by atoms with E-state index in [0.717, 1.165) is 5.56 Å². The van der Waals surface area contributed by atoms with E-state index in [0.29, 0.717) is 11.1 Å². The second kappa shape index (κ2) is 3.76. The Morgan fingerprint density at radius 3 is 2.67 bits per heavy atom. The number of aromatic nitrogens is 3. The van der Waals surface area contributed by atoms with Crippen molar-refractivity contribution in [2.75, 3.05) is 0 Å². The first-order valence-electron chi connectivity index (χ1n) is 5.50. The fourth-order valence-corrected chi connectivity index (χ4v) is 2.09. The van der Waals surface area contributed by atoms with Crippen molar-refractivity contribution in [1.29, 1.82) is 0 Å². The van der Waals surface area contributed by atoms with Crippen molar-refractivity contribution >= 4 is 11.8 Å². The van der Waals surface area contributed by atoms with Gasteiger partial charge in [-0.1, -0.05) is 0 Å². The molecule has 90 valence electrons. The number of imide groups is 1. The molecule has 6 heteroatoms. The van der Waals surface area contributed by atoms with E-state index < -0.39 is 0 Å². The number of pyridine rings is 1. The van der Waals surface area contributed by atoms with Gasteiger partial charge in [-0.3, -0.25) is 24.6 Å². The van der Waals surface area contributed by atoms with E-state index in [1.54, 1.807) is 25.4 Å². The maximum absolute atomic E-state index is 12.2. The molecule has 6 nitrogen and oxygen atoms in total. The van der Waals surface area contributed by atoms with Crippen molar-refractivity contribution in [3.63, 3.8) is 0 Å². The van der Waals surface area contributed by atoms with E-state index >= 15 is 0 Å². The van der Waals surface area contributed by atoms with Crippen molar-refractivity contribution in [2.45, 2.75) is 13.0 Å². The summed E-state index contributed by atoms with van der Waals surface area (Å²) in [6, 6.07) is 1.22. The summed E-state index contributed by atoms with van der Waals surface area (Å²) in [5.74, 6) is -0.595. The maximum Gasteiger partial charge on any atom is 0.263 e. The Bertz CT molecular complexity index is 586. The van der Waals surface area contributed by atoms with Crippen molar-refractivity contribution in [3.05, 3.63) is 47.5 Å². The molecule has 0 bridgehead atoms. The first-order valence-corrected chi connectivity index (χ1v) is 5.50. The monoisotopic (exact) mass is 242 g/mol. The molecule has 1 unspecified atom stereocenters. The Kier molecular flexibility index (Phi) is 2.22. The van der Waals surface area contributed by atoms with Gasteiger partial charge >= 0.3 is 0 Å². The van der Waals surface area contributed by atoms with E-state index in [2.05, 4.69) is 15.2 Å². The van der Waals surface area contributed by atoms with Gasteiger partial charge in [0.15, 0.2) is 0 Å². The van der Waals surface area contributed by atoms with E-state index in [1.807, 2.05) is 0 Å². The molecule has 2 aromatic rings. The van der Waals surface area contributed by atoms with Crippen LogP contribution in [0.25, 0.3) is 0 Å². The molecule has 2 aromatic heterocycles. The Balaban J connectivity index is 2.02. The summed E-state index contributed by atoms with van der Waals surface area (Å²) in [5.41, 5.74) is 1.56. The molecule has 0 aliphatic carbocycles. The zero-order valence-corrected chi connectivity index (χ0v) is 9.62. The lowest BCUT2D eigenvalue weighted by Crippen LogP contribution is -2.32. The predicted octanol–water partition coefficient (Wildman–Crippen LogP) is 1.16. The molecule has 1 aliphatic heterocycles. The molecule has 3 rings (SSSR count). The molecule has 0 saturated heterocycles. The van der Waals surface area contributed by atoms with Crippen LogP contribution in [-0.4, -0.2) is 31.9 Å². The molecule has 2 amide bonds. The van der Waals surface area contributed by atoms with E-state index in [9.17, 15) is 9.59 Å². The van der Waals surface area contributed by atoms with Crippen LogP contribution in [-0.2, 0) is 0 Å². The Hall–Kier alpha value is -2.50. The SMILES string of the molecule is CC(c1cn[nH]c1)N1C(=O)c2ccncc2C1=O. The fourth-order valence-electron chi connectivity index (χ4n) is 2.09. The minimum Gasteiger partial charge on any atom is -0.285 e. The molecule has 1 atom stereocenters. The third-order valence-electron chi connectivity index (χ3n) is 3.11. The highest BCUT2D eigenvalue weighted by Gasteiger charge is 2.39. The van der Waals surface area contributed by atoms with Gasteiger partial charge in [0.1, 0.15) is 0 Å². The van der Waals surface area contributed by atoms with Gasteiger partial charge in [0, 0.05) is 24.2 Å². The Morgan fingerprint density at radius 1 is 1.22 bits per heavy atom. The van der Waals surface area contributed by atoms with Crippen molar-refractivity contribution in [1.82, 2.24) is 20.1 Å². The van der Waals surface area contributed by atoms with Crippen LogP contribution >= 0.6 is 0 Å². The van der Waals surface area contributed by atoms with Crippen molar-refractivity contribution in [3.8, 4) is 0 Å². The number of amides is 2. The first-order chi connectivity index (χ1) is 8.70. The summed E-state index contributed by atoms with van der Waals surface area (Å²) < 4.78 is 0. The molecule has 1 aliphatic rings. The third-order valence-corrected chi connectivity index (χ3v) is 3.11. The second-order valence-corrected chi connectivity index (χ2v) is 4.11. The van der Waals surface area contributed by atoms with Gasteiger partial charge in [0.2, 0.25) is 0 Å². The summed E-state index contributed by atoms with van der Waals surface area (Å²) in [6.07, 6.45) is 6.21. The summed E-state index contributed by atoms with van der Waals surface area (Å²) in [5, 5.41) is 6.50. The minimum absolute atomic E-state index is 0.286. The van der Waals surface area contributed by atoms with Crippen LogP contribution in [0, 0.1) is 0 Å². The van der Waals surface area contributed by atoms with Gasteiger partial charge in [-0.25, -0.2) is 0 Å². The second-order valence-electron chi connectivity index (χ2n) is 4.11. The minimum atomic E-state index is -0.351. The lowest BCUT2D eigenvalue weighted by atomic mass is 10.1. The highest BCUT2D eigenvalue weighted by Crippen LogP contribution is 2.29. The number of fused-ring (bicyclic) bond motifs is 1. The summed E-state index contributed by atoms with van der Waals surface area (Å²) >= 11 is 0. The van der Waals surface area contributed by atoms with Gasteiger partial charge in [-0.05, 0) is 13.0 Å². The van der Waals surface area contributed by atoms with Crippen molar-refractivity contribution < 1.29 is 9.59 Å². The van der Waals surface area contributed by atoms with Crippen molar-refractivity contribution in [2.24, 2.45) is 0 Å². The number of H-pyrrole nitrogens is 1. The quantitative estimate of drug-likeness (QED) is 0.801. The normalized spacial score (nSPS) is 15.9. The van der Waals surface area contributed by atoms with Gasteiger partial charge in [-0.2, -0.15) is 5.10 Å². The molecule has 18 heavy (non-hydrogen) atoms. The number of carbonyl (C=O) groups excluding carboxylic acids is 2. The predicted molar refractivity (Wildman–Crippen MR) is 61.7 cm³/mol. The van der Waals surface area contributed by atoms with Crippen LogP contribution in [0.4, 0.5) is 0 Å². The van der Waals surface area contributed by atoms with Crippen LogP contribution < -0.4 is 0 Å². The summed E-state index contributed by atoms with van der Waals surface area (Å²) in [7, 11) is 0. The van der Waals surface area contributed by atoms with Gasteiger partial charge < -0.3 is 0 Å². The van der Waals surface area contributed by atoms with E-state index in [1.165, 1.54) is 17.3 Å². The highest BCUT2D eigenvalue weighted by atomic mass is 16.2. The van der Waals surface area contributed by atoms with Crippen LogP contribution in [0.5, 0.6) is 0 Å². The molecule has 3 heterocycles. The smallest absolute Gasteiger partial charge is 0.263 e. The zero-order valence-electron chi connectivity index (χ0n) is 9.62. The first kappa shape index (κ1) is 10.6. The summed E-state index contributed by atoms with van der Waals surface area (Å²) in [6.45, 7) is 1.79. The lowest BCUT2D eigenvalue weighted by molar-refractivity contribution is 0.0595. The van der Waals surface area contributed by atoms with Gasteiger partial charge in [0.25, 0.3) is 11.8 Å². The largest absolute Gasteiger partial charge is 0.285 e. The zero-order chi connectivity index (χ0) is 12.7. The molecular formula is C12H10N4O2. The van der Waals surface area contributed by atoms with Gasteiger partial charge in [-0.15, -0.1) is 0 Å². The molecule has 0 saturated carbocycles. The number of hydrogen-bond donors (Lipinski definition) is 1. The van der Waals surface area contributed by atoms with Crippen LogP contribution in [0.1, 0.15) is 39.2 Å². The average Bonchev–Trinajstić information content (AvgIpc) is 2.99. The highest BCUT2D eigenvalue weighted by molar-refractivity contribution is 6.21. The third kappa shape index (κ3) is 1.35. The fraction of sp³-hybridized carbons (Fsp3) is 0.167. The number of carbonyl (C=O) groups is 2. The number of aromatic amines is 1. The Morgan fingerprint density at radius 2 is 2.00 bits per heavy atom. The molecule has 1 N–H and O–H groups in total. The maximum atomic E-state index is 12.2. The number of hydrogen-bond acceptors (Lipinski definition) is 4. The summed E-state index contributed by atoms with van der Waals surface area (Å²) in [4.78, 5) is 29.5. The Labute approximate surface area is 103 Å². The van der Waals surface area contributed by atoms with Crippen LogP contribution in [0.2, 0.25) is 0 Å². The number of rotatable bonds is 2. The molecular weight excluding hydrogens is 232 g/mol. The molecule has 0 spiro atoms. The topological polar surface area (TPSA) is 79.0 Å². The van der Waals surface area contributed by atoms with E-state index in [-0.39, 0.29) is 17.9 Å². The molecule has 0 radical (unpaired) electrons. The van der Waals surface area contributed by atoms with Gasteiger partial charge in [0.05, 0.1) is 23.4 Å². The average molecular weight is 242 g/mol. The van der Waals surface area contributed by atoms with Crippen LogP contribution in [0.3, 0.4) is 0 Å². The molecule has 0 fully saturated rings. The number of nitrogens with one attached hydrogen (secondary N) is 1. The van der Waals surface area contributed by atoms with E-state index in [4.69, 9.17) is 0 Å². The van der Waals surface area contributed by atoms with Crippen LogP contribution in [0.15, 0.2) is 30.9 Å². The lowest BCUT2D eigenvalue weighted by Gasteiger charge is -2.21. The standard InChI is InChI=1S/C12H10N4O2/c1-7(8-4-14-15-5-8)16-11(17)9-2-3-13-6-10(9)12(16)18/h2-7H,1H3,(H,14,15). The molecule has 0 aromatic carbocycles. The number of nitrogens with zero attached hydrogens (tertiary/aromatic N) is 3.